The third-order valence-corrected chi connectivity index (χ3v) is 3.45. The first kappa shape index (κ1) is 10.9. The van der Waals surface area contributed by atoms with Gasteiger partial charge in [-0.1, -0.05) is 19.1 Å². The number of nitrogens with zero attached hydrogens (tertiary/aromatic N) is 1. The van der Waals surface area contributed by atoms with Crippen LogP contribution in [-0.4, -0.2) is 29.5 Å². The number of hydrogen-bond donors (Lipinski definition) is 1. The van der Waals surface area contributed by atoms with Gasteiger partial charge in [0.2, 0.25) is 0 Å². The fraction of sp³-hybridized carbons (Fsp3) is 0.900. The van der Waals surface area contributed by atoms with Crippen molar-refractivity contribution >= 4 is 17.2 Å². The molecule has 0 aromatic rings. The van der Waals surface area contributed by atoms with Crippen LogP contribution in [0.15, 0.2) is 0 Å². The fourth-order valence-electron chi connectivity index (χ4n) is 1.63. The average Bonchev–Trinajstić information content (AvgIpc) is 2.85. The normalized spacial score (nSPS) is 21.5. The second kappa shape index (κ2) is 4.38. The summed E-state index contributed by atoms with van der Waals surface area (Å²) in [4.78, 5) is 3.01. The number of hydrogen-bond acceptors (Lipinski definition) is 2. The monoisotopic (exact) mass is 200 g/mol. The largest absolute Gasteiger partial charge is 0.393 e. The Kier molecular flexibility index (Phi) is 3.68. The molecule has 2 nitrogen and oxygen atoms in total. The summed E-state index contributed by atoms with van der Waals surface area (Å²) in [7, 11) is 2.16. The summed E-state index contributed by atoms with van der Waals surface area (Å²) in [5.74, 6) is 1.25. The Hall–Kier alpha value is -0.150. The lowest BCUT2D eigenvalue weighted by atomic mass is 10.1. The Balaban J connectivity index is 2.30. The van der Waals surface area contributed by atoms with Gasteiger partial charge in [0.1, 0.15) is 0 Å². The minimum absolute atomic E-state index is 0.334. The molecule has 0 bridgehead atoms. The molecule has 0 spiro atoms. The van der Waals surface area contributed by atoms with Crippen LogP contribution in [0.25, 0.3) is 0 Å². The highest BCUT2D eigenvalue weighted by molar-refractivity contribution is 7.80. The van der Waals surface area contributed by atoms with E-state index in [0.717, 1.165) is 12.5 Å². The van der Waals surface area contributed by atoms with E-state index >= 15 is 0 Å². The molecular weight excluding hydrogens is 180 g/mol. The SMILES string of the molecule is CC(CN(C)C(C)C1CC1)C(N)=S. The number of rotatable bonds is 5. The van der Waals surface area contributed by atoms with Crippen molar-refractivity contribution in [1.82, 2.24) is 4.90 Å². The van der Waals surface area contributed by atoms with Gasteiger partial charge in [-0.2, -0.15) is 0 Å². The van der Waals surface area contributed by atoms with E-state index < -0.39 is 0 Å². The Labute approximate surface area is 86.5 Å². The zero-order valence-electron chi connectivity index (χ0n) is 8.79. The third-order valence-electron chi connectivity index (χ3n) is 3.05. The second-order valence-electron chi connectivity index (χ2n) is 4.32. The summed E-state index contributed by atoms with van der Waals surface area (Å²) in [6.45, 7) is 5.38. The molecule has 0 saturated heterocycles. The van der Waals surface area contributed by atoms with Gasteiger partial charge in [0, 0.05) is 18.5 Å². The van der Waals surface area contributed by atoms with Gasteiger partial charge in [-0.3, -0.25) is 0 Å². The van der Waals surface area contributed by atoms with E-state index in [1.54, 1.807) is 0 Å². The molecule has 76 valence electrons. The van der Waals surface area contributed by atoms with Crippen LogP contribution in [0, 0.1) is 11.8 Å². The van der Waals surface area contributed by atoms with Gasteiger partial charge < -0.3 is 10.6 Å². The molecule has 0 aromatic carbocycles. The van der Waals surface area contributed by atoms with Crippen molar-refractivity contribution in [2.24, 2.45) is 17.6 Å². The van der Waals surface area contributed by atoms with Gasteiger partial charge in [0.05, 0.1) is 4.99 Å². The quantitative estimate of drug-likeness (QED) is 0.684. The van der Waals surface area contributed by atoms with Crippen LogP contribution in [-0.2, 0) is 0 Å². The van der Waals surface area contributed by atoms with Gasteiger partial charge >= 0.3 is 0 Å². The van der Waals surface area contributed by atoms with Crippen LogP contribution < -0.4 is 5.73 Å². The van der Waals surface area contributed by atoms with Gasteiger partial charge in [0.15, 0.2) is 0 Å². The minimum Gasteiger partial charge on any atom is -0.393 e. The Morgan fingerprint density at radius 1 is 1.54 bits per heavy atom. The molecule has 1 saturated carbocycles. The Bertz CT molecular complexity index is 189. The van der Waals surface area contributed by atoms with Gasteiger partial charge in [-0.05, 0) is 32.7 Å². The predicted molar refractivity (Wildman–Crippen MR) is 60.8 cm³/mol. The highest BCUT2D eigenvalue weighted by Crippen LogP contribution is 2.34. The molecule has 1 aliphatic carbocycles. The van der Waals surface area contributed by atoms with Crippen molar-refractivity contribution < 1.29 is 0 Å². The van der Waals surface area contributed by atoms with Crippen molar-refractivity contribution in [1.29, 1.82) is 0 Å². The molecule has 1 aliphatic rings. The van der Waals surface area contributed by atoms with Crippen LogP contribution in [0.2, 0.25) is 0 Å². The fourth-order valence-corrected chi connectivity index (χ4v) is 1.70. The lowest BCUT2D eigenvalue weighted by Crippen LogP contribution is -2.37. The van der Waals surface area contributed by atoms with E-state index in [4.69, 9.17) is 18.0 Å². The molecule has 2 atom stereocenters. The molecule has 0 heterocycles. The van der Waals surface area contributed by atoms with E-state index in [-0.39, 0.29) is 0 Å². The molecular formula is C10H20N2S. The summed E-state index contributed by atoms with van der Waals surface area (Å²) in [5.41, 5.74) is 5.58. The smallest absolute Gasteiger partial charge is 0.0768 e. The first-order valence-electron chi connectivity index (χ1n) is 5.02. The lowest BCUT2D eigenvalue weighted by Gasteiger charge is -2.27. The maximum Gasteiger partial charge on any atom is 0.0768 e. The number of nitrogens with two attached hydrogens (primary N) is 1. The molecule has 0 aromatic heterocycles. The van der Waals surface area contributed by atoms with Crippen molar-refractivity contribution in [3.8, 4) is 0 Å². The molecule has 0 aliphatic heterocycles. The van der Waals surface area contributed by atoms with Crippen LogP contribution in [0.4, 0.5) is 0 Å². The van der Waals surface area contributed by atoms with Crippen LogP contribution in [0.1, 0.15) is 26.7 Å². The van der Waals surface area contributed by atoms with Crippen LogP contribution >= 0.6 is 12.2 Å². The van der Waals surface area contributed by atoms with E-state index in [9.17, 15) is 0 Å². The zero-order chi connectivity index (χ0) is 10.0. The summed E-state index contributed by atoms with van der Waals surface area (Å²) in [6, 6.07) is 0.691. The Morgan fingerprint density at radius 3 is 2.46 bits per heavy atom. The molecule has 2 N–H and O–H groups in total. The average molecular weight is 200 g/mol. The second-order valence-corrected chi connectivity index (χ2v) is 4.79. The standard InChI is InChI=1S/C10H20N2S/c1-7(10(11)13)6-12(3)8(2)9-4-5-9/h7-9H,4-6H2,1-3H3,(H2,11,13). The molecule has 0 amide bonds. The van der Waals surface area contributed by atoms with Crippen molar-refractivity contribution in [2.45, 2.75) is 32.7 Å². The van der Waals surface area contributed by atoms with E-state index in [1.165, 1.54) is 12.8 Å². The van der Waals surface area contributed by atoms with Gasteiger partial charge in [0.25, 0.3) is 0 Å². The summed E-state index contributed by atoms with van der Waals surface area (Å²) >= 11 is 4.96. The summed E-state index contributed by atoms with van der Waals surface area (Å²) in [5, 5.41) is 0. The topological polar surface area (TPSA) is 29.3 Å². The molecule has 0 radical (unpaired) electrons. The number of thiocarbonyl (C=S) groups is 1. The van der Waals surface area contributed by atoms with E-state index in [0.29, 0.717) is 16.9 Å². The van der Waals surface area contributed by atoms with Crippen molar-refractivity contribution in [3.05, 3.63) is 0 Å². The molecule has 13 heavy (non-hydrogen) atoms. The minimum atomic E-state index is 0.334. The van der Waals surface area contributed by atoms with Crippen molar-refractivity contribution in [2.75, 3.05) is 13.6 Å². The van der Waals surface area contributed by atoms with Crippen LogP contribution in [0.5, 0.6) is 0 Å². The molecule has 3 heteroatoms. The molecule has 1 fully saturated rings. The maximum absolute atomic E-state index is 5.58. The predicted octanol–water partition coefficient (Wildman–Crippen LogP) is 1.64. The third kappa shape index (κ3) is 3.24. The van der Waals surface area contributed by atoms with Gasteiger partial charge in [-0.25, -0.2) is 0 Å². The molecule has 2 unspecified atom stereocenters. The highest BCUT2D eigenvalue weighted by atomic mass is 32.1. The first-order valence-corrected chi connectivity index (χ1v) is 5.42. The van der Waals surface area contributed by atoms with Crippen molar-refractivity contribution in [3.63, 3.8) is 0 Å². The maximum atomic E-state index is 5.58. The van der Waals surface area contributed by atoms with E-state index in [2.05, 4.69) is 25.8 Å². The summed E-state index contributed by atoms with van der Waals surface area (Å²) in [6.07, 6.45) is 2.79. The molecule has 1 rings (SSSR count). The highest BCUT2D eigenvalue weighted by Gasteiger charge is 2.30. The van der Waals surface area contributed by atoms with E-state index in [1.807, 2.05) is 0 Å². The zero-order valence-corrected chi connectivity index (χ0v) is 9.60. The Morgan fingerprint density at radius 2 is 2.08 bits per heavy atom. The lowest BCUT2D eigenvalue weighted by molar-refractivity contribution is 0.222. The summed E-state index contributed by atoms with van der Waals surface area (Å²) < 4.78 is 0. The first-order chi connectivity index (χ1) is 6.02. The van der Waals surface area contributed by atoms with Gasteiger partial charge in [-0.15, -0.1) is 0 Å². The van der Waals surface area contributed by atoms with Crippen LogP contribution in [0.3, 0.4) is 0 Å².